The first kappa shape index (κ1) is 13.7. The highest BCUT2D eigenvalue weighted by atomic mass is 19.4. The summed E-state index contributed by atoms with van der Waals surface area (Å²) >= 11 is 0. The Hall–Kier alpha value is -0.330. The second-order valence-corrected chi connectivity index (χ2v) is 3.02. The molecule has 0 saturated heterocycles. The third-order valence-corrected chi connectivity index (χ3v) is 1.94. The van der Waals surface area contributed by atoms with Crippen LogP contribution in [0.3, 0.4) is 0 Å². The van der Waals surface area contributed by atoms with Crippen LogP contribution in [-0.2, 0) is 4.74 Å². The Bertz CT molecular complexity index is 152. The third kappa shape index (κ3) is 5.41. The first-order chi connectivity index (χ1) is 6.44. The molecule has 0 aliphatic heterocycles. The van der Waals surface area contributed by atoms with Crippen LogP contribution in [0.1, 0.15) is 6.92 Å². The van der Waals surface area contributed by atoms with Crippen LogP contribution >= 0.6 is 0 Å². The zero-order valence-corrected chi connectivity index (χ0v) is 8.47. The minimum absolute atomic E-state index is 0.164. The monoisotopic (exact) mass is 214 g/mol. The lowest BCUT2D eigenvalue weighted by atomic mass is 10.2. The lowest BCUT2D eigenvalue weighted by molar-refractivity contribution is -0.151. The van der Waals surface area contributed by atoms with Gasteiger partial charge in [-0.2, -0.15) is 13.2 Å². The lowest BCUT2D eigenvalue weighted by Gasteiger charge is -2.29. The van der Waals surface area contributed by atoms with Gasteiger partial charge in [-0.25, -0.2) is 0 Å². The zero-order chi connectivity index (χ0) is 11.2. The van der Waals surface area contributed by atoms with Crippen LogP contribution in [0.5, 0.6) is 0 Å². The van der Waals surface area contributed by atoms with Gasteiger partial charge in [0.25, 0.3) is 0 Å². The topological polar surface area (TPSA) is 38.5 Å². The Morgan fingerprint density at radius 3 is 2.29 bits per heavy atom. The van der Waals surface area contributed by atoms with Crippen molar-refractivity contribution in [3.05, 3.63) is 0 Å². The Balaban J connectivity index is 4.21. The van der Waals surface area contributed by atoms with Crippen molar-refractivity contribution < 1.29 is 17.9 Å². The van der Waals surface area contributed by atoms with Crippen molar-refractivity contribution >= 4 is 0 Å². The van der Waals surface area contributed by atoms with Crippen LogP contribution in [0.25, 0.3) is 0 Å². The van der Waals surface area contributed by atoms with E-state index in [0.717, 1.165) is 0 Å². The number of hydrogen-bond donors (Lipinski definition) is 1. The first-order valence-electron chi connectivity index (χ1n) is 4.44. The van der Waals surface area contributed by atoms with E-state index in [0.29, 0.717) is 6.54 Å². The van der Waals surface area contributed by atoms with Gasteiger partial charge in [0, 0.05) is 19.7 Å². The summed E-state index contributed by atoms with van der Waals surface area (Å²) in [5, 5.41) is 0. The van der Waals surface area contributed by atoms with Gasteiger partial charge in [-0.05, 0) is 6.54 Å². The molecule has 0 aliphatic carbocycles. The van der Waals surface area contributed by atoms with Gasteiger partial charge >= 0.3 is 6.18 Å². The average Bonchev–Trinajstić information content (AvgIpc) is 2.09. The van der Waals surface area contributed by atoms with Crippen molar-refractivity contribution in [3.8, 4) is 0 Å². The summed E-state index contributed by atoms with van der Waals surface area (Å²) in [5.41, 5.74) is 5.37. The lowest BCUT2D eigenvalue weighted by Crippen LogP contribution is -2.47. The maximum Gasteiger partial charge on any atom is 0.401 e. The predicted octanol–water partition coefficient (Wildman–Crippen LogP) is 0.844. The van der Waals surface area contributed by atoms with E-state index in [4.69, 9.17) is 10.5 Å². The summed E-state index contributed by atoms with van der Waals surface area (Å²) < 4.78 is 41.1. The van der Waals surface area contributed by atoms with Gasteiger partial charge in [-0.1, -0.05) is 6.92 Å². The summed E-state index contributed by atoms with van der Waals surface area (Å²) in [5.74, 6) is 0. The number of rotatable bonds is 6. The molecule has 0 radical (unpaired) electrons. The minimum atomic E-state index is -4.18. The summed E-state index contributed by atoms with van der Waals surface area (Å²) in [7, 11) is 1.45. The van der Waals surface area contributed by atoms with Gasteiger partial charge in [0.2, 0.25) is 0 Å². The van der Waals surface area contributed by atoms with Gasteiger partial charge in [-0.3, -0.25) is 4.90 Å². The predicted molar refractivity (Wildman–Crippen MR) is 48.0 cm³/mol. The SMILES string of the molecule is CCN(CC(F)(F)F)C(CN)COC. The molecule has 0 heterocycles. The van der Waals surface area contributed by atoms with Crippen molar-refractivity contribution in [2.45, 2.75) is 19.1 Å². The average molecular weight is 214 g/mol. The second-order valence-electron chi connectivity index (χ2n) is 3.02. The number of likely N-dealkylation sites (N-methyl/N-ethyl adjacent to an activating group) is 1. The molecule has 1 unspecified atom stereocenters. The normalized spacial score (nSPS) is 14.8. The van der Waals surface area contributed by atoms with Crippen LogP contribution in [0.4, 0.5) is 13.2 Å². The van der Waals surface area contributed by atoms with Crippen molar-refractivity contribution in [2.24, 2.45) is 5.73 Å². The number of ether oxygens (including phenoxy) is 1. The number of hydrogen-bond acceptors (Lipinski definition) is 3. The molecular formula is C8H17F3N2O. The molecule has 2 N–H and O–H groups in total. The fraction of sp³-hybridized carbons (Fsp3) is 1.00. The summed E-state index contributed by atoms with van der Waals surface area (Å²) in [4.78, 5) is 1.27. The van der Waals surface area contributed by atoms with E-state index in [1.54, 1.807) is 6.92 Å². The molecule has 0 amide bonds. The van der Waals surface area contributed by atoms with Crippen LogP contribution in [0.2, 0.25) is 0 Å². The number of methoxy groups -OCH3 is 1. The molecule has 0 aromatic carbocycles. The summed E-state index contributed by atoms with van der Waals surface area (Å²) in [6.07, 6.45) is -4.18. The molecule has 0 saturated carbocycles. The molecule has 14 heavy (non-hydrogen) atoms. The van der Waals surface area contributed by atoms with E-state index in [-0.39, 0.29) is 19.2 Å². The molecule has 3 nitrogen and oxygen atoms in total. The van der Waals surface area contributed by atoms with Gasteiger partial charge in [-0.15, -0.1) is 0 Å². The molecule has 0 aromatic heterocycles. The van der Waals surface area contributed by atoms with E-state index in [1.807, 2.05) is 0 Å². The van der Waals surface area contributed by atoms with Crippen LogP contribution < -0.4 is 5.73 Å². The Morgan fingerprint density at radius 1 is 1.43 bits per heavy atom. The number of nitrogens with two attached hydrogens (primary N) is 1. The Morgan fingerprint density at radius 2 is 2.00 bits per heavy atom. The van der Waals surface area contributed by atoms with Crippen molar-refractivity contribution in [3.63, 3.8) is 0 Å². The molecule has 0 aliphatic rings. The Kier molecular flexibility index (Phi) is 6.06. The molecule has 0 bridgehead atoms. The molecule has 0 aromatic rings. The molecule has 6 heteroatoms. The minimum Gasteiger partial charge on any atom is -0.383 e. The van der Waals surface area contributed by atoms with Gasteiger partial charge in [0.1, 0.15) is 0 Å². The maximum atomic E-state index is 12.1. The highest BCUT2D eigenvalue weighted by Crippen LogP contribution is 2.17. The van der Waals surface area contributed by atoms with Crippen molar-refractivity contribution in [2.75, 3.05) is 33.4 Å². The van der Waals surface area contributed by atoms with E-state index < -0.39 is 12.7 Å². The summed E-state index contributed by atoms with van der Waals surface area (Å²) in [6.45, 7) is 1.43. The highest BCUT2D eigenvalue weighted by Gasteiger charge is 2.32. The van der Waals surface area contributed by atoms with Gasteiger partial charge in [0.15, 0.2) is 0 Å². The number of nitrogens with zero attached hydrogens (tertiary/aromatic N) is 1. The molecule has 86 valence electrons. The highest BCUT2D eigenvalue weighted by molar-refractivity contribution is 4.73. The smallest absolute Gasteiger partial charge is 0.383 e. The van der Waals surface area contributed by atoms with Gasteiger partial charge < -0.3 is 10.5 Å². The van der Waals surface area contributed by atoms with E-state index in [9.17, 15) is 13.2 Å². The van der Waals surface area contributed by atoms with E-state index >= 15 is 0 Å². The van der Waals surface area contributed by atoms with Crippen LogP contribution in [0.15, 0.2) is 0 Å². The zero-order valence-electron chi connectivity index (χ0n) is 8.47. The van der Waals surface area contributed by atoms with E-state index in [1.165, 1.54) is 12.0 Å². The number of halogens is 3. The number of alkyl halides is 3. The Labute approximate surface area is 82.0 Å². The standard InChI is InChI=1S/C8H17F3N2O/c1-3-13(6-8(9,10)11)7(4-12)5-14-2/h7H,3-6,12H2,1-2H3. The molecular weight excluding hydrogens is 197 g/mol. The third-order valence-electron chi connectivity index (χ3n) is 1.94. The van der Waals surface area contributed by atoms with E-state index in [2.05, 4.69) is 0 Å². The second kappa shape index (κ2) is 6.21. The summed E-state index contributed by atoms with van der Waals surface area (Å²) in [6, 6.07) is -0.369. The largest absolute Gasteiger partial charge is 0.401 e. The fourth-order valence-electron chi connectivity index (χ4n) is 1.24. The van der Waals surface area contributed by atoms with Crippen molar-refractivity contribution in [1.29, 1.82) is 0 Å². The molecule has 1 atom stereocenters. The first-order valence-corrected chi connectivity index (χ1v) is 4.44. The molecule has 0 spiro atoms. The quantitative estimate of drug-likeness (QED) is 0.712. The van der Waals surface area contributed by atoms with Crippen LogP contribution in [-0.4, -0.2) is 50.5 Å². The maximum absolute atomic E-state index is 12.1. The van der Waals surface area contributed by atoms with Crippen LogP contribution in [0, 0.1) is 0 Å². The molecule has 0 rings (SSSR count). The fourth-order valence-corrected chi connectivity index (χ4v) is 1.24. The van der Waals surface area contributed by atoms with Gasteiger partial charge in [0.05, 0.1) is 13.2 Å². The van der Waals surface area contributed by atoms with Crippen molar-refractivity contribution in [1.82, 2.24) is 4.90 Å². The molecule has 0 fully saturated rings.